The van der Waals surface area contributed by atoms with Crippen molar-refractivity contribution in [3.8, 4) is 5.75 Å². The average Bonchev–Trinajstić information content (AvgIpc) is 2.41. The van der Waals surface area contributed by atoms with Crippen LogP contribution in [0.1, 0.15) is 17.2 Å². The fraction of sp³-hybridized carbons (Fsp3) is 0.200. The molecule has 1 N–H and O–H groups in total. The molecule has 3 heteroatoms. The van der Waals surface area contributed by atoms with Crippen LogP contribution in [0, 0.1) is 0 Å². The van der Waals surface area contributed by atoms with Crippen LogP contribution in [0.4, 0.5) is 0 Å². The summed E-state index contributed by atoms with van der Waals surface area (Å²) >= 11 is 3.40. The van der Waals surface area contributed by atoms with Crippen molar-refractivity contribution in [3.05, 3.63) is 64.1 Å². The number of aliphatic hydroxyl groups excluding tert-OH is 1. The maximum Gasteiger partial charge on any atom is 0.124 e. The second kappa shape index (κ2) is 6.03. The summed E-state index contributed by atoms with van der Waals surface area (Å²) in [6, 6.07) is 15.5. The summed E-state index contributed by atoms with van der Waals surface area (Å²) in [5, 5.41) is 10.3. The van der Waals surface area contributed by atoms with Crippen LogP contribution in [0.25, 0.3) is 0 Å². The van der Waals surface area contributed by atoms with Crippen LogP contribution < -0.4 is 4.74 Å². The lowest BCUT2D eigenvalue weighted by Crippen LogP contribution is -2.03. The minimum Gasteiger partial charge on any atom is -0.496 e. The van der Waals surface area contributed by atoms with E-state index in [1.807, 2.05) is 48.5 Å². The molecule has 1 atom stereocenters. The zero-order valence-electron chi connectivity index (χ0n) is 10.1. The minimum absolute atomic E-state index is 0.553. The van der Waals surface area contributed by atoms with Gasteiger partial charge in [-0.25, -0.2) is 0 Å². The Labute approximate surface area is 115 Å². The number of rotatable bonds is 4. The van der Waals surface area contributed by atoms with Crippen molar-refractivity contribution in [2.24, 2.45) is 0 Å². The van der Waals surface area contributed by atoms with Crippen molar-refractivity contribution in [2.45, 2.75) is 12.5 Å². The van der Waals surface area contributed by atoms with Gasteiger partial charge in [0.05, 0.1) is 13.2 Å². The van der Waals surface area contributed by atoms with Crippen molar-refractivity contribution in [1.29, 1.82) is 0 Å². The van der Waals surface area contributed by atoms with Crippen molar-refractivity contribution in [2.75, 3.05) is 7.11 Å². The van der Waals surface area contributed by atoms with Gasteiger partial charge in [-0.2, -0.15) is 0 Å². The summed E-state index contributed by atoms with van der Waals surface area (Å²) < 4.78 is 6.30. The van der Waals surface area contributed by atoms with Gasteiger partial charge in [0.25, 0.3) is 0 Å². The Kier molecular flexibility index (Phi) is 4.39. The molecule has 2 nitrogen and oxygen atoms in total. The van der Waals surface area contributed by atoms with E-state index in [2.05, 4.69) is 15.9 Å². The number of ether oxygens (including phenoxy) is 1. The van der Waals surface area contributed by atoms with Crippen LogP contribution in [0.2, 0.25) is 0 Å². The van der Waals surface area contributed by atoms with Crippen molar-refractivity contribution < 1.29 is 9.84 Å². The van der Waals surface area contributed by atoms with Crippen LogP contribution in [0.15, 0.2) is 53.0 Å². The van der Waals surface area contributed by atoms with Gasteiger partial charge < -0.3 is 9.84 Å². The largest absolute Gasteiger partial charge is 0.496 e. The number of methoxy groups -OCH3 is 1. The molecule has 0 saturated carbocycles. The molecule has 2 aromatic carbocycles. The van der Waals surface area contributed by atoms with Gasteiger partial charge in [0.1, 0.15) is 5.75 Å². The van der Waals surface area contributed by atoms with Crippen LogP contribution in [0.5, 0.6) is 5.75 Å². The van der Waals surface area contributed by atoms with E-state index in [0.717, 1.165) is 21.3 Å². The highest BCUT2D eigenvalue weighted by molar-refractivity contribution is 9.10. The molecule has 0 aliphatic rings. The Bertz CT molecular complexity index is 508. The van der Waals surface area contributed by atoms with Crippen molar-refractivity contribution in [1.82, 2.24) is 0 Å². The number of halogens is 1. The quantitative estimate of drug-likeness (QED) is 0.932. The maximum atomic E-state index is 10.3. The molecule has 2 rings (SSSR count). The highest BCUT2D eigenvalue weighted by atomic mass is 79.9. The summed E-state index contributed by atoms with van der Waals surface area (Å²) in [5.74, 6) is 0.724. The predicted molar refractivity (Wildman–Crippen MR) is 75.8 cm³/mol. The molecule has 1 unspecified atom stereocenters. The summed E-state index contributed by atoms with van der Waals surface area (Å²) in [6.45, 7) is 0. The van der Waals surface area contributed by atoms with Crippen LogP contribution in [0.3, 0.4) is 0 Å². The molecule has 0 aliphatic heterocycles. The van der Waals surface area contributed by atoms with E-state index in [9.17, 15) is 5.11 Å². The summed E-state index contributed by atoms with van der Waals surface area (Å²) in [5.41, 5.74) is 1.92. The molecule has 0 aliphatic carbocycles. The summed E-state index contributed by atoms with van der Waals surface area (Å²) in [6.07, 6.45) is 0.0236. The second-order valence-electron chi connectivity index (χ2n) is 4.09. The first kappa shape index (κ1) is 13.1. The van der Waals surface area contributed by atoms with Crippen LogP contribution in [-0.4, -0.2) is 12.2 Å². The van der Waals surface area contributed by atoms with Gasteiger partial charge in [-0.05, 0) is 23.8 Å². The Morgan fingerprint density at radius 1 is 1.11 bits per heavy atom. The van der Waals surface area contributed by atoms with Crippen LogP contribution in [-0.2, 0) is 6.42 Å². The summed E-state index contributed by atoms with van der Waals surface area (Å²) in [7, 11) is 1.62. The van der Waals surface area contributed by atoms with Gasteiger partial charge in [0, 0.05) is 16.5 Å². The SMILES string of the molecule is COc1ccccc1C(O)Cc1ccc(Br)cc1. The van der Waals surface area contributed by atoms with Gasteiger partial charge in [-0.3, -0.25) is 0 Å². The lowest BCUT2D eigenvalue weighted by atomic mass is 10.0. The molecule has 0 bridgehead atoms. The standard InChI is InChI=1S/C15H15BrO2/c1-18-15-5-3-2-4-13(15)14(17)10-11-6-8-12(16)9-7-11/h2-9,14,17H,10H2,1H3. The van der Waals surface area contributed by atoms with E-state index in [1.165, 1.54) is 0 Å². The first-order chi connectivity index (χ1) is 8.70. The molecule has 0 amide bonds. The molecule has 94 valence electrons. The third kappa shape index (κ3) is 3.12. The van der Waals surface area contributed by atoms with Crippen LogP contribution >= 0.6 is 15.9 Å². The monoisotopic (exact) mass is 306 g/mol. The zero-order chi connectivity index (χ0) is 13.0. The molecular weight excluding hydrogens is 292 g/mol. The number of aliphatic hydroxyl groups is 1. The van der Waals surface area contributed by atoms with E-state index in [0.29, 0.717) is 6.42 Å². The van der Waals surface area contributed by atoms with Gasteiger partial charge in [-0.1, -0.05) is 46.3 Å². The van der Waals surface area contributed by atoms with E-state index in [1.54, 1.807) is 7.11 Å². The molecule has 2 aromatic rings. The maximum absolute atomic E-state index is 10.3. The highest BCUT2D eigenvalue weighted by Gasteiger charge is 2.13. The normalized spacial score (nSPS) is 12.2. The minimum atomic E-state index is -0.553. The molecule has 0 radical (unpaired) electrons. The molecule has 0 heterocycles. The summed E-state index contributed by atoms with van der Waals surface area (Å²) in [4.78, 5) is 0. The highest BCUT2D eigenvalue weighted by Crippen LogP contribution is 2.27. The lowest BCUT2D eigenvalue weighted by Gasteiger charge is -2.14. The third-order valence-corrected chi connectivity index (χ3v) is 3.37. The molecule has 0 aromatic heterocycles. The Morgan fingerprint density at radius 2 is 1.78 bits per heavy atom. The molecule has 0 fully saturated rings. The Morgan fingerprint density at radius 3 is 2.44 bits per heavy atom. The van der Waals surface area contributed by atoms with Crippen molar-refractivity contribution in [3.63, 3.8) is 0 Å². The second-order valence-corrected chi connectivity index (χ2v) is 5.00. The molecule has 18 heavy (non-hydrogen) atoms. The number of benzene rings is 2. The Hall–Kier alpha value is -1.32. The number of hydrogen-bond acceptors (Lipinski definition) is 2. The average molecular weight is 307 g/mol. The molecule has 0 saturated heterocycles. The van der Waals surface area contributed by atoms with Gasteiger partial charge in [-0.15, -0.1) is 0 Å². The first-order valence-corrected chi connectivity index (χ1v) is 6.55. The van der Waals surface area contributed by atoms with Gasteiger partial charge >= 0.3 is 0 Å². The van der Waals surface area contributed by atoms with E-state index in [-0.39, 0.29) is 0 Å². The fourth-order valence-corrected chi connectivity index (χ4v) is 2.16. The van der Waals surface area contributed by atoms with Gasteiger partial charge in [0.15, 0.2) is 0 Å². The smallest absolute Gasteiger partial charge is 0.124 e. The molecular formula is C15H15BrO2. The first-order valence-electron chi connectivity index (χ1n) is 5.76. The third-order valence-electron chi connectivity index (χ3n) is 2.84. The Balaban J connectivity index is 2.16. The zero-order valence-corrected chi connectivity index (χ0v) is 11.7. The topological polar surface area (TPSA) is 29.5 Å². The predicted octanol–water partition coefficient (Wildman–Crippen LogP) is 3.73. The number of hydrogen-bond donors (Lipinski definition) is 1. The molecule has 0 spiro atoms. The number of para-hydroxylation sites is 1. The van der Waals surface area contributed by atoms with Gasteiger partial charge in [0.2, 0.25) is 0 Å². The van der Waals surface area contributed by atoms with Crippen molar-refractivity contribution >= 4 is 15.9 Å². The van der Waals surface area contributed by atoms with E-state index < -0.39 is 6.10 Å². The van der Waals surface area contributed by atoms with E-state index >= 15 is 0 Å². The lowest BCUT2D eigenvalue weighted by molar-refractivity contribution is 0.174. The fourth-order valence-electron chi connectivity index (χ4n) is 1.90. The van der Waals surface area contributed by atoms with E-state index in [4.69, 9.17) is 4.74 Å².